The first-order valence-corrected chi connectivity index (χ1v) is 13.3. The van der Waals surface area contributed by atoms with Gasteiger partial charge in [0.15, 0.2) is 0 Å². The van der Waals surface area contributed by atoms with Gasteiger partial charge in [-0.1, -0.05) is 6.07 Å². The van der Waals surface area contributed by atoms with Crippen molar-refractivity contribution in [3.05, 3.63) is 51.7 Å². The van der Waals surface area contributed by atoms with E-state index in [-0.39, 0.29) is 10.9 Å². The van der Waals surface area contributed by atoms with E-state index in [9.17, 15) is 18.4 Å². The second kappa shape index (κ2) is 10.3. The van der Waals surface area contributed by atoms with E-state index in [0.717, 1.165) is 54.7 Å². The monoisotopic (exact) mass is 526 g/mol. The third kappa shape index (κ3) is 5.43. The van der Waals surface area contributed by atoms with Crippen LogP contribution in [0.15, 0.2) is 30.1 Å². The smallest absolute Gasteiger partial charge is 0.367 e. The molecule has 1 fully saturated rings. The molecule has 0 unspecified atom stereocenters. The van der Waals surface area contributed by atoms with E-state index < -0.39 is 12.6 Å². The van der Waals surface area contributed by atoms with Crippen LogP contribution in [0.3, 0.4) is 0 Å². The molecule has 0 amide bonds. The molecule has 2 aliphatic rings. The molecule has 1 aromatic carbocycles. The maximum absolute atomic E-state index is 12.9. The van der Waals surface area contributed by atoms with E-state index >= 15 is 0 Å². The third-order valence-electron chi connectivity index (χ3n) is 7.33. The predicted octanol–water partition coefficient (Wildman–Crippen LogP) is 5.76. The highest BCUT2D eigenvalue weighted by Gasteiger charge is 2.30. The molecule has 2 aromatic heterocycles. The number of nitrogens with zero attached hydrogens (tertiary/aromatic N) is 4. The van der Waals surface area contributed by atoms with Crippen molar-refractivity contribution in [3.63, 3.8) is 0 Å². The van der Waals surface area contributed by atoms with E-state index in [2.05, 4.69) is 45.3 Å². The Kier molecular flexibility index (Phi) is 7.10. The zero-order valence-electron chi connectivity index (χ0n) is 20.6. The molecule has 194 valence electrons. The number of anilines is 2. The highest BCUT2D eigenvalue weighted by atomic mass is 32.1. The highest BCUT2D eigenvalue weighted by Crippen LogP contribution is 2.37. The maximum atomic E-state index is 12.9. The molecule has 2 heterocycles. The van der Waals surface area contributed by atoms with Gasteiger partial charge in [0, 0.05) is 47.7 Å². The Morgan fingerprint density at radius 3 is 2.70 bits per heavy atom. The zero-order chi connectivity index (χ0) is 26.2. The summed E-state index contributed by atoms with van der Waals surface area (Å²) in [5, 5.41) is 13.5. The third-order valence-corrected chi connectivity index (χ3v) is 8.38. The molecule has 0 atom stereocenters. The van der Waals surface area contributed by atoms with Crippen molar-refractivity contribution in [2.75, 3.05) is 23.3 Å². The van der Waals surface area contributed by atoms with Crippen molar-refractivity contribution in [1.29, 1.82) is 5.26 Å². The van der Waals surface area contributed by atoms with Gasteiger partial charge in [0.05, 0.1) is 17.9 Å². The van der Waals surface area contributed by atoms with Gasteiger partial charge in [-0.05, 0) is 67.5 Å². The van der Waals surface area contributed by atoms with Gasteiger partial charge >= 0.3 is 6.18 Å². The van der Waals surface area contributed by atoms with E-state index in [4.69, 9.17) is 5.73 Å². The zero-order valence-corrected chi connectivity index (χ0v) is 21.4. The first-order valence-electron chi connectivity index (χ1n) is 12.5. The van der Waals surface area contributed by atoms with Crippen LogP contribution in [0.5, 0.6) is 0 Å². The number of benzene rings is 1. The fourth-order valence-electron chi connectivity index (χ4n) is 5.61. The fourth-order valence-corrected chi connectivity index (χ4v) is 6.64. The van der Waals surface area contributed by atoms with Crippen molar-refractivity contribution < 1.29 is 13.2 Å². The number of aromatic nitrogens is 2. The molecule has 0 spiro atoms. The van der Waals surface area contributed by atoms with Crippen molar-refractivity contribution >= 4 is 39.1 Å². The van der Waals surface area contributed by atoms with E-state index in [0.29, 0.717) is 35.0 Å². The van der Waals surface area contributed by atoms with Crippen LogP contribution in [-0.4, -0.2) is 41.3 Å². The number of nitrogens with one attached hydrogen (secondary N) is 1. The van der Waals surface area contributed by atoms with Gasteiger partial charge in [-0.3, -0.25) is 0 Å². The number of rotatable bonds is 7. The van der Waals surface area contributed by atoms with Gasteiger partial charge in [-0.25, -0.2) is 9.97 Å². The SMILES string of the molecule is Cc1c(N(CCN)C2CCC(Nc3ncnc4sc(CC(F)(F)F)cc34)CC2)ccc2c1C=C(C#N)C2. The summed E-state index contributed by atoms with van der Waals surface area (Å²) >= 11 is 1.07. The van der Waals surface area contributed by atoms with Crippen LogP contribution in [-0.2, 0) is 12.8 Å². The lowest BCUT2D eigenvalue weighted by atomic mass is 9.89. The molecule has 37 heavy (non-hydrogen) atoms. The standard InChI is InChI=1S/C27H29F3N6S/c1-16-22-11-17(14-32)10-18(22)2-7-24(16)36(9-8-31)20-5-3-19(4-6-20)35-25-23-12-21(13-27(28,29)30)37-26(23)34-15-33-25/h2,7,11-12,15,19-20H,3-6,8-10,13,31H2,1H3,(H,33,34,35). The molecular formula is C27H29F3N6S. The molecule has 10 heteroatoms. The highest BCUT2D eigenvalue weighted by molar-refractivity contribution is 7.18. The molecule has 0 saturated heterocycles. The molecule has 3 N–H and O–H groups in total. The Balaban J connectivity index is 1.29. The van der Waals surface area contributed by atoms with Crippen LogP contribution >= 0.6 is 11.3 Å². The number of halogens is 3. The first-order chi connectivity index (χ1) is 17.8. The lowest BCUT2D eigenvalue weighted by molar-refractivity contribution is -0.126. The summed E-state index contributed by atoms with van der Waals surface area (Å²) in [7, 11) is 0. The van der Waals surface area contributed by atoms with Crippen LogP contribution in [0, 0.1) is 18.3 Å². The average Bonchev–Trinajstić information content (AvgIpc) is 3.47. The van der Waals surface area contributed by atoms with Gasteiger partial charge in [0.25, 0.3) is 0 Å². The number of fused-ring (bicyclic) bond motifs is 2. The number of hydrogen-bond donors (Lipinski definition) is 2. The van der Waals surface area contributed by atoms with Gasteiger partial charge < -0.3 is 16.0 Å². The van der Waals surface area contributed by atoms with Crippen LogP contribution in [0.4, 0.5) is 24.7 Å². The van der Waals surface area contributed by atoms with E-state index in [1.807, 2.05) is 6.08 Å². The van der Waals surface area contributed by atoms with Crippen LogP contribution in [0.25, 0.3) is 16.3 Å². The Bertz CT molecular complexity index is 1360. The van der Waals surface area contributed by atoms with Gasteiger partial charge in [-0.2, -0.15) is 18.4 Å². The number of hydrogen-bond acceptors (Lipinski definition) is 7. The predicted molar refractivity (Wildman–Crippen MR) is 142 cm³/mol. The van der Waals surface area contributed by atoms with Crippen molar-refractivity contribution in [1.82, 2.24) is 9.97 Å². The molecule has 1 saturated carbocycles. The molecule has 5 rings (SSSR count). The van der Waals surface area contributed by atoms with Gasteiger partial charge in [-0.15, -0.1) is 11.3 Å². The van der Waals surface area contributed by atoms with E-state index in [1.54, 1.807) is 6.07 Å². The van der Waals surface area contributed by atoms with Gasteiger partial charge in [0.1, 0.15) is 17.0 Å². The molecule has 0 bridgehead atoms. The van der Waals surface area contributed by atoms with Crippen LogP contribution in [0.2, 0.25) is 0 Å². The largest absolute Gasteiger partial charge is 0.393 e. The number of allylic oxidation sites excluding steroid dienone is 1. The lowest BCUT2D eigenvalue weighted by Gasteiger charge is -2.39. The molecule has 0 radical (unpaired) electrons. The first kappa shape index (κ1) is 25.5. The van der Waals surface area contributed by atoms with Gasteiger partial charge in [0.2, 0.25) is 0 Å². The minimum absolute atomic E-state index is 0.183. The summed E-state index contributed by atoms with van der Waals surface area (Å²) < 4.78 is 38.6. The summed E-state index contributed by atoms with van der Waals surface area (Å²) in [5.74, 6) is 0.603. The van der Waals surface area contributed by atoms with Crippen molar-refractivity contribution in [2.45, 2.75) is 63.7 Å². The van der Waals surface area contributed by atoms with E-state index in [1.165, 1.54) is 23.1 Å². The minimum atomic E-state index is -4.25. The summed E-state index contributed by atoms with van der Waals surface area (Å²) in [6, 6.07) is 8.66. The van der Waals surface area contributed by atoms with Crippen molar-refractivity contribution in [3.8, 4) is 6.07 Å². The minimum Gasteiger partial charge on any atom is -0.367 e. The van der Waals surface area contributed by atoms with Crippen LogP contribution < -0.4 is 16.0 Å². The fraction of sp³-hybridized carbons (Fsp3) is 0.444. The second-order valence-corrected chi connectivity index (χ2v) is 10.9. The summed E-state index contributed by atoms with van der Waals surface area (Å²) in [5.41, 5.74) is 11.5. The Morgan fingerprint density at radius 2 is 2.00 bits per heavy atom. The molecule has 3 aromatic rings. The number of nitriles is 1. The molecule has 6 nitrogen and oxygen atoms in total. The lowest BCUT2D eigenvalue weighted by Crippen LogP contribution is -2.43. The summed E-state index contributed by atoms with van der Waals surface area (Å²) in [4.78, 5) is 11.8. The Morgan fingerprint density at radius 1 is 1.22 bits per heavy atom. The summed E-state index contributed by atoms with van der Waals surface area (Å²) in [6.45, 7) is 3.42. The molecule has 0 aliphatic heterocycles. The molecular weight excluding hydrogens is 497 g/mol. The Labute approximate surface area is 218 Å². The normalized spacial score (nSPS) is 19.4. The molecule has 2 aliphatic carbocycles. The number of thiophene rings is 1. The second-order valence-electron chi connectivity index (χ2n) is 9.82. The Hall–Kier alpha value is -3.16. The number of nitrogens with two attached hydrogens (primary N) is 1. The van der Waals surface area contributed by atoms with Crippen molar-refractivity contribution in [2.24, 2.45) is 5.73 Å². The summed E-state index contributed by atoms with van der Waals surface area (Å²) in [6.07, 6.45) is 2.66. The van der Waals surface area contributed by atoms with Crippen LogP contribution in [0.1, 0.15) is 47.3 Å². The topological polar surface area (TPSA) is 90.9 Å². The average molecular weight is 527 g/mol. The number of alkyl halides is 3. The maximum Gasteiger partial charge on any atom is 0.393 e. The quantitative estimate of drug-likeness (QED) is 0.407.